The molecule has 0 bridgehead atoms. The first-order chi connectivity index (χ1) is 15.9. The second kappa shape index (κ2) is 10.1. The molecule has 0 aliphatic rings. The minimum Gasteiger partial charge on any atom is -0.456 e. The molecule has 3 aromatic rings. The number of aryl methyl sites for hydroxylation is 2. The summed E-state index contributed by atoms with van der Waals surface area (Å²) in [5, 5.41) is 0. The van der Waals surface area contributed by atoms with Gasteiger partial charge in [0.25, 0.3) is 0 Å². The van der Waals surface area contributed by atoms with Crippen LogP contribution in [0, 0.1) is 48.4 Å². The Kier molecular flexibility index (Phi) is 7.44. The van der Waals surface area contributed by atoms with Crippen molar-refractivity contribution in [3.05, 3.63) is 82.9 Å². The topological polar surface area (TPSA) is 18.5 Å². The Morgan fingerprint density at radius 2 is 0.882 bits per heavy atom. The Balaban J connectivity index is 2.16. The van der Waals surface area contributed by atoms with Crippen LogP contribution < -0.4 is 9.47 Å². The van der Waals surface area contributed by atoms with Gasteiger partial charge in [0.15, 0.2) is 0 Å². The van der Waals surface area contributed by atoms with Gasteiger partial charge in [-0.3, -0.25) is 0 Å². The van der Waals surface area contributed by atoms with Crippen molar-refractivity contribution >= 4 is 0 Å². The van der Waals surface area contributed by atoms with Gasteiger partial charge in [0.1, 0.15) is 23.0 Å². The third-order valence-electron chi connectivity index (χ3n) is 4.72. The predicted octanol–water partition coefficient (Wildman–Crippen LogP) is 8.68. The summed E-state index contributed by atoms with van der Waals surface area (Å²) >= 11 is 0. The Morgan fingerprint density at radius 1 is 0.529 bits per heavy atom. The van der Waals surface area contributed by atoms with Crippen LogP contribution in [0.4, 0.5) is 0 Å². The second-order valence-corrected chi connectivity index (χ2v) is 10.7. The summed E-state index contributed by atoms with van der Waals surface area (Å²) in [6, 6.07) is 19.9. The quantitative estimate of drug-likeness (QED) is 0.370. The van der Waals surface area contributed by atoms with Gasteiger partial charge >= 0.3 is 0 Å². The molecule has 34 heavy (non-hydrogen) atoms. The lowest BCUT2D eigenvalue weighted by atomic mass is 9.96. The van der Waals surface area contributed by atoms with Crippen molar-refractivity contribution in [2.75, 3.05) is 0 Å². The first kappa shape index (κ1) is 25.0. The summed E-state index contributed by atoms with van der Waals surface area (Å²) in [5.74, 6) is 16.1. The van der Waals surface area contributed by atoms with Crippen LogP contribution in [0.3, 0.4) is 0 Å². The third kappa shape index (κ3) is 7.75. The fraction of sp³-hybridized carbons (Fsp3) is 0.312. The lowest BCUT2D eigenvalue weighted by molar-refractivity contribution is 0.458. The van der Waals surface area contributed by atoms with Crippen molar-refractivity contribution in [2.45, 2.75) is 55.4 Å². The van der Waals surface area contributed by atoms with Gasteiger partial charge in [-0.2, -0.15) is 0 Å². The summed E-state index contributed by atoms with van der Waals surface area (Å²) in [7, 11) is 0. The Hall–Kier alpha value is -3.62. The zero-order valence-corrected chi connectivity index (χ0v) is 21.6. The van der Waals surface area contributed by atoms with Gasteiger partial charge in [-0.05, 0) is 85.7 Å². The lowest BCUT2D eigenvalue weighted by Crippen LogP contribution is -2.01. The van der Waals surface area contributed by atoms with Gasteiger partial charge < -0.3 is 9.47 Å². The molecule has 0 aliphatic heterocycles. The molecule has 0 atom stereocenters. The van der Waals surface area contributed by atoms with Crippen molar-refractivity contribution in [2.24, 2.45) is 10.8 Å². The molecule has 3 aromatic carbocycles. The van der Waals surface area contributed by atoms with Crippen LogP contribution >= 0.6 is 0 Å². The smallest absolute Gasteiger partial charge is 0.146 e. The highest BCUT2D eigenvalue weighted by atomic mass is 16.5. The summed E-state index contributed by atoms with van der Waals surface area (Å²) in [6.45, 7) is 16.7. The van der Waals surface area contributed by atoms with Gasteiger partial charge in [-0.25, -0.2) is 0 Å². The monoisotopic (exact) mass is 450 g/mol. The van der Waals surface area contributed by atoms with E-state index in [1.54, 1.807) is 0 Å². The van der Waals surface area contributed by atoms with E-state index in [-0.39, 0.29) is 10.8 Å². The summed E-state index contributed by atoms with van der Waals surface area (Å²) in [4.78, 5) is 0. The maximum atomic E-state index is 6.30. The Morgan fingerprint density at radius 3 is 1.21 bits per heavy atom. The summed E-state index contributed by atoms with van der Waals surface area (Å²) < 4.78 is 12.6. The second-order valence-electron chi connectivity index (χ2n) is 10.7. The maximum absolute atomic E-state index is 6.30. The molecule has 0 N–H and O–H groups in total. The molecule has 2 heteroatoms. The predicted molar refractivity (Wildman–Crippen MR) is 142 cm³/mol. The molecular formula is C32H34O2. The molecule has 0 aromatic heterocycles. The van der Waals surface area contributed by atoms with Gasteiger partial charge in [-0.1, -0.05) is 59.1 Å². The molecular weight excluding hydrogens is 416 g/mol. The first-order valence-corrected chi connectivity index (χ1v) is 11.6. The molecule has 174 valence electrons. The van der Waals surface area contributed by atoms with Gasteiger partial charge in [0, 0.05) is 16.9 Å². The first-order valence-electron chi connectivity index (χ1n) is 11.6. The van der Waals surface area contributed by atoms with E-state index in [1.165, 1.54) is 11.1 Å². The van der Waals surface area contributed by atoms with Crippen LogP contribution in [0.2, 0.25) is 0 Å². The molecule has 0 unspecified atom stereocenters. The molecule has 0 spiro atoms. The fourth-order valence-corrected chi connectivity index (χ4v) is 2.90. The fourth-order valence-electron chi connectivity index (χ4n) is 2.90. The molecule has 0 aliphatic carbocycles. The number of hydrogen-bond donors (Lipinski definition) is 0. The number of hydrogen-bond acceptors (Lipinski definition) is 2. The average Bonchev–Trinajstić information content (AvgIpc) is 2.74. The molecule has 0 saturated heterocycles. The van der Waals surface area contributed by atoms with E-state index in [4.69, 9.17) is 9.47 Å². The minimum atomic E-state index is -0.143. The van der Waals surface area contributed by atoms with Crippen LogP contribution in [0.15, 0.2) is 60.7 Å². The van der Waals surface area contributed by atoms with Gasteiger partial charge in [-0.15, -0.1) is 0 Å². The lowest BCUT2D eigenvalue weighted by Gasteiger charge is -2.15. The zero-order chi connectivity index (χ0) is 24.9. The SMILES string of the molecule is Cc1ccc(Oc2cc(Oc3ccc(C)cc3)c(C#CC(C)(C)C)cc2C#CC(C)(C)C)cc1. The molecule has 0 fully saturated rings. The highest BCUT2D eigenvalue weighted by Gasteiger charge is 2.14. The van der Waals surface area contributed by atoms with Crippen molar-refractivity contribution in [1.29, 1.82) is 0 Å². The average molecular weight is 451 g/mol. The standard InChI is InChI=1S/C32H34O2/c1-23-9-13-27(14-10-23)33-29-22-30(34-28-15-11-24(2)12-16-28)26(18-20-32(6,7)8)21-25(29)17-19-31(3,4)5/h9-16,21-22H,1-8H3. The third-order valence-corrected chi connectivity index (χ3v) is 4.72. The molecule has 0 heterocycles. The van der Waals surface area contributed by atoms with E-state index in [0.717, 1.165) is 22.6 Å². The Labute approximate surface area is 205 Å². The Bertz CT molecular complexity index is 1160. The number of benzene rings is 3. The van der Waals surface area contributed by atoms with Gasteiger partial charge in [0.2, 0.25) is 0 Å². The number of ether oxygens (including phenoxy) is 2. The molecule has 0 radical (unpaired) electrons. The molecule has 2 nitrogen and oxygen atoms in total. The van der Waals surface area contributed by atoms with E-state index in [0.29, 0.717) is 11.5 Å². The molecule has 3 rings (SSSR count). The zero-order valence-electron chi connectivity index (χ0n) is 21.6. The summed E-state index contributed by atoms with van der Waals surface area (Å²) in [5.41, 5.74) is 3.63. The summed E-state index contributed by atoms with van der Waals surface area (Å²) in [6.07, 6.45) is 0. The highest BCUT2D eigenvalue weighted by Crippen LogP contribution is 2.35. The van der Waals surface area contributed by atoms with Crippen molar-refractivity contribution < 1.29 is 9.47 Å². The normalized spacial score (nSPS) is 11.1. The van der Waals surface area contributed by atoms with Gasteiger partial charge in [0.05, 0.1) is 11.1 Å². The van der Waals surface area contributed by atoms with E-state index in [9.17, 15) is 0 Å². The van der Waals surface area contributed by atoms with Crippen molar-refractivity contribution in [1.82, 2.24) is 0 Å². The van der Waals surface area contributed by atoms with E-state index >= 15 is 0 Å². The van der Waals surface area contributed by atoms with Crippen LogP contribution in [-0.4, -0.2) is 0 Å². The maximum Gasteiger partial charge on any atom is 0.146 e. The van der Waals surface area contributed by atoms with Crippen LogP contribution in [0.5, 0.6) is 23.0 Å². The van der Waals surface area contributed by atoms with Crippen LogP contribution in [-0.2, 0) is 0 Å². The highest BCUT2D eigenvalue weighted by molar-refractivity contribution is 5.60. The van der Waals surface area contributed by atoms with E-state index < -0.39 is 0 Å². The van der Waals surface area contributed by atoms with E-state index in [2.05, 4.69) is 79.1 Å². The van der Waals surface area contributed by atoms with Crippen LogP contribution in [0.25, 0.3) is 0 Å². The largest absolute Gasteiger partial charge is 0.456 e. The van der Waals surface area contributed by atoms with Crippen LogP contribution in [0.1, 0.15) is 63.8 Å². The molecule has 0 amide bonds. The number of rotatable bonds is 4. The molecule has 0 saturated carbocycles. The minimum absolute atomic E-state index is 0.143. The van der Waals surface area contributed by atoms with Crippen molar-refractivity contribution in [3.8, 4) is 46.7 Å². The van der Waals surface area contributed by atoms with E-state index in [1.807, 2.05) is 60.7 Å². The van der Waals surface area contributed by atoms with Crippen molar-refractivity contribution in [3.63, 3.8) is 0 Å².